The van der Waals surface area contributed by atoms with E-state index in [1.807, 2.05) is 25.1 Å². The van der Waals surface area contributed by atoms with Gasteiger partial charge < -0.3 is 9.73 Å². The lowest BCUT2D eigenvalue weighted by Crippen LogP contribution is -2.26. The van der Waals surface area contributed by atoms with Gasteiger partial charge in [-0.25, -0.2) is 13.4 Å². The van der Waals surface area contributed by atoms with Crippen LogP contribution in [-0.2, 0) is 9.84 Å². The molecule has 1 N–H and O–H groups in total. The van der Waals surface area contributed by atoms with Gasteiger partial charge in [0.2, 0.25) is 0 Å². The number of hydrogen-bond donors (Lipinski definition) is 1. The lowest BCUT2D eigenvalue weighted by Gasteiger charge is -2.14. The molecule has 0 aliphatic heterocycles. The van der Waals surface area contributed by atoms with Gasteiger partial charge in [-0.05, 0) is 25.1 Å². The third kappa shape index (κ3) is 3.47. The standard InChI is InChI=1S/C13H18N2O3S/c1-4-19(16,17)8-9(2)14-11-5-6-13-12(7-11)15-10(3)18-13/h5-7,9,14H,4,8H2,1-3H3. The summed E-state index contributed by atoms with van der Waals surface area (Å²) in [6, 6.07) is 5.41. The average Bonchev–Trinajstić information content (AvgIpc) is 2.67. The second-order valence-electron chi connectivity index (χ2n) is 4.66. The van der Waals surface area contributed by atoms with Crippen LogP contribution in [-0.4, -0.2) is 30.9 Å². The monoisotopic (exact) mass is 282 g/mol. The molecule has 1 atom stereocenters. The Balaban J connectivity index is 2.12. The maximum atomic E-state index is 11.5. The molecule has 1 aromatic carbocycles. The maximum Gasteiger partial charge on any atom is 0.192 e. The Hall–Kier alpha value is -1.56. The molecule has 0 saturated heterocycles. The van der Waals surface area contributed by atoms with Gasteiger partial charge in [-0.15, -0.1) is 0 Å². The van der Waals surface area contributed by atoms with Crippen LogP contribution in [0.1, 0.15) is 19.7 Å². The summed E-state index contributed by atoms with van der Waals surface area (Å²) in [5.41, 5.74) is 2.35. The van der Waals surface area contributed by atoms with Gasteiger partial charge in [-0.1, -0.05) is 6.92 Å². The van der Waals surface area contributed by atoms with Gasteiger partial charge in [0.05, 0.1) is 5.75 Å². The zero-order valence-electron chi connectivity index (χ0n) is 11.3. The van der Waals surface area contributed by atoms with Gasteiger partial charge in [0.15, 0.2) is 21.3 Å². The van der Waals surface area contributed by atoms with Crippen molar-refractivity contribution in [3.63, 3.8) is 0 Å². The Morgan fingerprint density at radius 3 is 2.84 bits per heavy atom. The van der Waals surface area contributed by atoms with Crippen LogP contribution < -0.4 is 5.32 Å². The molecule has 0 radical (unpaired) electrons. The van der Waals surface area contributed by atoms with E-state index in [2.05, 4.69) is 10.3 Å². The van der Waals surface area contributed by atoms with E-state index in [0.29, 0.717) is 5.89 Å². The topological polar surface area (TPSA) is 72.2 Å². The van der Waals surface area contributed by atoms with E-state index in [4.69, 9.17) is 4.42 Å². The summed E-state index contributed by atoms with van der Waals surface area (Å²) in [5.74, 6) is 0.911. The third-order valence-electron chi connectivity index (χ3n) is 2.85. The first-order chi connectivity index (χ1) is 8.89. The molecule has 1 unspecified atom stereocenters. The Labute approximate surface area is 112 Å². The molecule has 0 bridgehead atoms. The minimum atomic E-state index is -2.97. The molecule has 2 aromatic rings. The number of oxazole rings is 1. The van der Waals surface area contributed by atoms with Crippen LogP contribution in [0.5, 0.6) is 0 Å². The maximum absolute atomic E-state index is 11.5. The van der Waals surface area contributed by atoms with Gasteiger partial charge in [-0.3, -0.25) is 0 Å². The largest absolute Gasteiger partial charge is 0.441 e. The number of nitrogens with one attached hydrogen (secondary N) is 1. The lowest BCUT2D eigenvalue weighted by molar-refractivity contribution is 0.561. The predicted octanol–water partition coefficient (Wildman–Crippen LogP) is 2.37. The summed E-state index contributed by atoms with van der Waals surface area (Å²) in [7, 11) is -2.97. The van der Waals surface area contributed by atoms with Crippen LogP contribution in [0.2, 0.25) is 0 Å². The van der Waals surface area contributed by atoms with Crippen LogP contribution in [0.3, 0.4) is 0 Å². The van der Waals surface area contributed by atoms with Crippen molar-refractivity contribution in [2.45, 2.75) is 26.8 Å². The first-order valence-corrected chi connectivity index (χ1v) is 8.06. The Bertz CT molecular complexity index is 676. The average molecular weight is 282 g/mol. The molecule has 6 heteroatoms. The summed E-state index contributed by atoms with van der Waals surface area (Å²) in [6.07, 6.45) is 0. The molecule has 19 heavy (non-hydrogen) atoms. The molecule has 5 nitrogen and oxygen atoms in total. The summed E-state index contributed by atoms with van der Waals surface area (Å²) in [5, 5.41) is 3.17. The SMILES string of the molecule is CCS(=O)(=O)CC(C)Nc1ccc2oc(C)nc2c1. The Morgan fingerprint density at radius 2 is 2.16 bits per heavy atom. The zero-order chi connectivity index (χ0) is 14.0. The number of hydrogen-bond acceptors (Lipinski definition) is 5. The van der Waals surface area contributed by atoms with Crippen molar-refractivity contribution >= 4 is 26.6 Å². The van der Waals surface area contributed by atoms with Gasteiger partial charge in [-0.2, -0.15) is 0 Å². The molecular formula is C13H18N2O3S. The highest BCUT2D eigenvalue weighted by Gasteiger charge is 2.14. The second-order valence-corrected chi connectivity index (χ2v) is 7.06. The summed E-state index contributed by atoms with van der Waals surface area (Å²) >= 11 is 0. The van der Waals surface area contributed by atoms with Gasteiger partial charge >= 0.3 is 0 Å². The molecular weight excluding hydrogens is 264 g/mol. The Morgan fingerprint density at radius 1 is 1.42 bits per heavy atom. The van der Waals surface area contributed by atoms with Crippen molar-refractivity contribution in [3.8, 4) is 0 Å². The summed E-state index contributed by atoms with van der Waals surface area (Å²) in [6.45, 7) is 5.31. The van der Waals surface area contributed by atoms with E-state index in [-0.39, 0.29) is 17.5 Å². The smallest absolute Gasteiger partial charge is 0.192 e. The number of benzene rings is 1. The van der Waals surface area contributed by atoms with Crippen molar-refractivity contribution in [2.75, 3.05) is 16.8 Å². The number of aryl methyl sites for hydroxylation is 1. The van der Waals surface area contributed by atoms with Crippen molar-refractivity contribution in [1.29, 1.82) is 0 Å². The first-order valence-electron chi connectivity index (χ1n) is 6.24. The molecule has 0 aliphatic carbocycles. The normalized spacial score (nSPS) is 13.6. The molecule has 0 fully saturated rings. The van der Waals surface area contributed by atoms with Gasteiger partial charge in [0.1, 0.15) is 5.52 Å². The fourth-order valence-corrected chi connectivity index (χ4v) is 3.04. The van der Waals surface area contributed by atoms with E-state index < -0.39 is 9.84 Å². The molecule has 0 aliphatic rings. The fraction of sp³-hybridized carbons (Fsp3) is 0.462. The van der Waals surface area contributed by atoms with Crippen molar-refractivity contribution < 1.29 is 12.8 Å². The van der Waals surface area contributed by atoms with Crippen molar-refractivity contribution in [2.24, 2.45) is 0 Å². The minimum absolute atomic E-state index is 0.124. The number of anilines is 1. The highest BCUT2D eigenvalue weighted by atomic mass is 32.2. The minimum Gasteiger partial charge on any atom is -0.441 e. The number of aromatic nitrogens is 1. The molecule has 1 aromatic heterocycles. The van der Waals surface area contributed by atoms with Crippen LogP contribution in [0.4, 0.5) is 5.69 Å². The quantitative estimate of drug-likeness (QED) is 0.911. The van der Waals surface area contributed by atoms with Gasteiger partial charge in [0.25, 0.3) is 0 Å². The second kappa shape index (κ2) is 5.21. The highest BCUT2D eigenvalue weighted by molar-refractivity contribution is 7.91. The van der Waals surface area contributed by atoms with E-state index in [1.54, 1.807) is 13.8 Å². The predicted molar refractivity (Wildman–Crippen MR) is 76.2 cm³/mol. The summed E-state index contributed by atoms with van der Waals surface area (Å²) < 4.78 is 28.5. The van der Waals surface area contributed by atoms with E-state index in [1.165, 1.54) is 0 Å². The zero-order valence-corrected chi connectivity index (χ0v) is 12.1. The van der Waals surface area contributed by atoms with E-state index in [0.717, 1.165) is 16.8 Å². The van der Waals surface area contributed by atoms with Crippen LogP contribution >= 0.6 is 0 Å². The number of sulfone groups is 1. The van der Waals surface area contributed by atoms with E-state index >= 15 is 0 Å². The summed E-state index contributed by atoms with van der Waals surface area (Å²) in [4.78, 5) is 4.25. The molecule has 0 spiro atoms. The fourth-order valence-electron chi connectivity index (χ4n) is 1.96. The van der Waals surface area contributed by atoms with Crippen molar-refractivity contribution in [1.82, 2.24) is 4.98 Å². The number of nitrogens with zero attached hydrogens (tertiary/aromatic N) is 1. The lowest BCUT2D eigenvalue weighted by atomic mass is 10.2. The van der Waals surface area contributed by atoms with Gasteiger partial charge in [0, 0.05) is 24.4 Å². The first kappa shape index (κ1) is 13.9. The molecule has 104 valence electrons. The van der Waals surface area contributed by atoms with Crippen LogP contribution in [0.25, 0.3) is 11.1 Å². The number of fused-ring (bicyclic) bond motifs is 1. The molecule has 0 saturated carbocycles. The van der Waals surface area contributed by atoms with Crippen LogP contribution in [0, 0.1) is 6.92 Å². The third-order valence-corrected chi connectivity index (χ3v) is 4.74. The Kier molecular flexibility index (Phi) is 3.80. The molecule has 0 amide bonds. The van der Waals surface area contributed by atoms with Crippen LogP contribution in [0.15, 0.2) is 22.6 Å². The van der Waals surface area contributed by atoms with E-state index in [9.17, 15) is 8.42 Å². The molecule has 1 heterocycles. The highest BCUT2D eigenvalue weighted by Crippen LogP contribution is 2.20. The number of rotatable bonds is 5. The van der Waals surface area contributed by atoms with Crippen molar-refractivity contribution in [3.05, 3.63) is 24.1 Å². The molecule has 2 rings (SSSR count).